The van der Waals surface area contributed by atoms with Gasteiger partial charge in [0.25, 0.3) is 0 Å². The van der Waals surface area contributed by atoms with Gasteiger partial charge in [0.1, 0.15) is 17.6 Å². The van der Waals surface area contributed by atoms with E-state index in [1.807, 2.05) is 48.5 Å². The average molecular weight is 406 g/mol. The summed E-state index contributed by atoms with van der Waals surface area (Å²) in [5.41, 5.74) is 1.89. The fourth-order valence-corrected chi connectivity index (χ4v) is 3.06. The Kier molecular flexibility index (Phi) is 6.70. The normalized spacial score (nSPS) is 11.4. The first-order valence-electron chi connectivity index (χ1n) is 9.31. The number of benzene rings is 3. The second-order valence-electron chi connectivity index (χ2n) is 6.61. The van der Waals surface area contributed by atoms with Gasteiger partial charge < -0.3 is 19.3 Å². The molecule has 3 aromatic carbocycles. The predicted molar refractivity (Wildman–Crippen MR) is 111 cm³/mol. The molecule has 30 heavy (non-hydrogen) atoms. The number of esters is 1. The van der Waals surface area contributed by atoms with Gasteiger partial charge in [-0.15, -0.1) is 0 Å². The monoisotopic (exact) mass is 406 g/mol. The van der Waals surface area contributed by atoms with E-state index >= 15 is 0 Å². The van der Waals surface area contributed by atoms with Crippen molar-refractivity contribution in [3.8, 4) is 11.5 Å². The van der Waals surface area contributed by atoms with Crippen molar-refractivity contribution >= 4 is 11.9 Å². The number of carbonyl (C=O) groups excluding carboxylic acids is 1. The maximum absolute atomic E-state index is 12.8. The van der Waals surface area contributed by atoms with Gasteiger partial charge in [0, 0.05) is 6.42 Å². The molecule has 1 N–H and O–H groups in total. The summed E-state index contributed by atoms with van der Waals surface area (Å²) in [7, 11) is 3.16. The first-order valence-corrected chi connectivity index (χ1v) is 9.31. The molecule has 0 aliphatic rings. The van der Waals surface area contributed by atoms with Gasteiger partial charge in [0.2, 0.25) is 0 Å². The molecule has 0 spiro atoms. The quantitative estimate of drug-likeness (QED) is 0.553. The lowest BCUT2D eigenvalue weighted by molar-refractivity contribution is 0.0297. The van der Waals surface area contributed by atoms with Crippen molar-refractivity contribution < 1.29 is 28.9 Å². The fourth-order valence-electron chi connectivity index (χ4n) is 3.06. The van der Waals surface area contributed by atoms with Crippen LogP contribution in [0.5, 0.6) is 11.5 Å². The second-order valence-corrected chi connectivity index (χ2v) is 6.61. The summed E-state index contributed by atoms with van der Waals surface area (Å²) in [6, 6.07) is 20.6. The molecule has 1 unspecified atom stereocenters. The summed E-state index contributed by atoms with van der Waals surface area (Å²) in [4.78, 5) is 24.0. The molecule has 0 fully saturated rings. The summed E-state index contributed by atoms with van der Waals surface area (Å²) in [6.07, 6.45) is -0.192. The van der Waals surface area contributed by atoms with E-state index in [9.17, 15) is 14.7 Å². The molecule has 3 rings (SSSR count). The highest BCUT2D eigenvalue weighted by molar-refractivity contribution is 5.94. The van der Waals surface area contributed by atoms with Gasteiger partial charge in [-0.25, -0.2) is 9.59 Å². The largest absolute Gasteiger partial charge is 0.497 e. The summed E-state index contributed by atoms with van der Waals surface area (Å²) < 4.78 is 16.4. The number of ether oxygens (including phenoxy) is 3. The average Bonchev–Trinajstić information content (AvgIpc) is 2.78. The van der Waals surface area contributed by atoms with E-state index in [1.54, 1.807) is 14.2 Å². The van der Waals surface area contributed by atoms with Crippen LogP contribution < -0.4 is 9.47 Å². The zero-order chi connectivity index (χ0) is 21.5. The fraction of sp³-hybridized carbons (Fsp3) is 0.167. The van der Waals surface area contributed by atoms with Gasteiger partial charge in [0.15, 0.2) is 0 Å². The smallest absolute Gasteiger partial charge is 0.338 e. The van der Waals surface area contributed by atoms with Crippen LogP contribution in [0.1, 0.15) is 37.9 Å². The molecule has 0 amide bonds. The van der Waals surface area contributed by atoms with Crippen LogP contribution in [0.25, 0.3) is 0 Å². The Balaban J connectivity index is 1.91. The first kappa shape index (κ1) is 20.9. The Morgan fingerprint density at radius 3 is 2.17 bits per heavy atom. The molecule has 0 bridgehead atoms. The van der Waals surface area contributed by atoms with Crippen LogP contribution in [0.2, 0.25) is 0 Å². The molecule has 1 atom stereocenters. The van der Waals surface area contributed by atoms with Gasteiger partial charge in [-0.05, 0) is 53.6 Å². The Morgan fingerprint density at radius 1 is 0.833 bits per heavy atom. The highest BCUT2D eigenvalue weighted by Crippen LogP contribution is 2.28. The van der Waals surface area contributed by atoms with Gasteiger partial charge >= 0.3 is 11.9 Å². The molecule has 0 saturated carbocycles. The molecule has 3 aromatic rings. The Bertz CT molecular complexity index is 1040. The number of hydrogen-bond donors (Lipinski definition) is 1. The maximum Gasteiger partial charge on any atom is 0.338 e. The van der Waals surface area contributed by atoms with Crippen molar-refractivity contribution in [1.29, 1.82) is 0 Å². The van der Waals surface area contributed by atoms with Crippen LogP contribution in [-0.4, -0.2) is 31.3 Å². The summed E-state index contributed by atoms with van der Waals surface area (Å²) in [6.45, 7) is 0. The lowest BCUT2D eigenvalue weighted by Crippen LogP contribution is -2.15. The zero-order valence-electron chi connectivity index (χ0n) is 16.7. The van der Waals surface area contributed by atoms with Crippen molar-refractivity contribution in [3.63, 3.8) is 0 Å². The first-order chi connectivity index (χ1) is 14.5. The highest BCUT2D eigenvalue weighted by atomic mass is 16.5. The molecule has 0 radical (unpaired) electrons. The summed E-state index contributed by atoms with van der Waals surface area (Å²) >= 11 is 0. The summed E-state index contributed by atoms with van der Waals surface area (Å²) in [5, 5.41) is 9.17. The third-order valence-electron chi connectivity index (χ3n) is 4.62. The number of carbonyl (C=O) groups is 2. The molecule has 0 aromatic heterocycles. The van der Waals surface area contributed by atoms with Gasteiger partial charge in [-0.3, -0.25) is 0 Å². The van der Waals surface area contributed by atoms with E-state index in [2.05, 4.69) is 0 Å². The number of hydrogen-bond acceptors (Lipinski definition) is 5. The van der Waals surface area contributed by atoms with E-state index in [1.165, 1.54) is 24.3 Å². The van der Waals surface area contributed by atoms with Crippen LogP contribution in [-0.2, 0) is 11.2 Å². The van der Waals surface area contributed by atoms with Gasteiger partial charge in [-0.1, -0.05) is 30.3 Å². The third kappa shape index (κ3) is 5.17. The molecule has 0 heterocycles. The Labute approximate surface area is 174 Å². The minimum Gasteiger partial charge on any atom is -0.497 e. The molecule has 6 nitrogen and oxygen atoms in total. The van der Waals surface area contributed by atoms with Crippen LogP contribution in [0.3, 0.4) is 0 Å². The number of carboxylic acids is 1. The topological polar surface area (TPSA) is 82.1 Å². The minimum atomic E-state index is -1.11. The second kappa shape index (κ2) is 9.60. The highest BCUT2D eigenvalue weighted by Gasteiger charge is 2.20. The van der Waals surface area contributed by atoms with Crippen LogP contribution in [0.15, 0.2) is 72.8 Å². The van der Waals surface area contributed by atoms with E-state index in [-0.39, 0.29) is 11.1 Å². The summed E-state index contributed by atoms with van der Waals surface area (Å²) in [5.74, 6) is -0.358. The van der Waals surface area contributed by atoms with Crippen molar-refractivity contribution in [1.82, 2.24) is 0 Å². The zero-order valence-corrected chi connectivity index (χ0v) is 16.7. The number of rotatable bonds is 8. The van der Waals surface area contributed by atoms with E-state index in [4.69, 9.17) is 14.2 Å². The molecule has 0 aliphatic carbocycles. The van der Waals surface area contributed by atoms with Crippen molar-refractivity contribution in [2.24, 2.45) is 0 Å². The molecule has 154 valence electrons. The van der Waals surface area contributed by atoms with Crippen molar-refractivity contribution in [2.75, 3.05) is 14.2 Å². The SMILES string of the molecule is COc1cccc(CC(OC(=O)c2cccc(C(=O)O)c2)c2cccc(OC)c2)c1. The Hall–Kier alpha value is -3.80. The lowest BCUT2D eigenvalue weighted by atomic mass is 10.0. The molecule has 0 aliphatic heterocycles. The number of methoxy groups -OCH3 is 2. The van der Waals surface area contributed by atoms with Crippen LogP contribution >= 0.6 is 0 Å². The Morgan fingerprint density at radius 2 is 1.47 bits per heavy atom. The van der Waals surface area contributed by atoms with Crippen LogP contribution in [0.4, 0.5) is 0 Å². The standard InChI is InChI=1S/C24H22O6/c1-28-20-10-3-6-16(12-20)13-22(17-7-5-11-21(15-17)29-2)30-24(27)19-9-4-8-18(14-19)23(25)26/h3-12,14-15,22H,13H2,1-2H3,(H,25,26). The van der Waals surface area contributed by atoms with E-state index < -0.39 is 18.0 Å². The van der Waals surface area contributed by atoms with E-state index in [0.717, 1.165) is 11.1 Å². The molecule has 0 saturated heterocycles. The van der Waals surface area contributed by atoms with Gasteiger partial charge in [0.05, 0.1) is 25.3 Å². The minimum absolute atomic E-state index is 0.0233. The molecule has 6 heteroatoms. The maximum atomic E-state index is 12.8. The van der Waals surface area contributed by atoms with Crippen molar-refractivity contribution in [3.05, 3.63) is 95.1 Å². The number of carboxylic acid groups (broad SMARTS) is 1. The third-order valence-corrected chi connectivity index (χ3v) is 4.62. The molecular formula is C24H22O6. The van der Waals surface area contributed by atoms with E-state index in [0.29, 0.717) is 17.9 Å². The predicted octanol–water partition coefficient (Wildman–Crippen LogP) is 4.54. The van der Waals surface area contributed by atoms with Crippen LogP contribution in [0, 0.1) is 0 Å². The molecular weight excluding hydrogens is 384 g/mol. The van der Waals surface area contributed by atoms with Crippen molar-refractivity contribution in [2.45, 2.75) is 12.5 Å². The van der Waals surface area contributed by atoms with Gasteiger partial charge in [-0.2, -0.15) is 0 Å². The lowest BCUT2D eigenvalue weighted by Gasteiger charge is -2.20. The number of aromatic carboxylic acids is 1.